The molecular formula is C10H9ClN2O3S. The Hall–Kier alpha value is -1.34. The Balaban J connectivity index is 2.19. The standard InChI is InChI=1S/C10H9ClN2O3S/c11-5-1-2-6(8(14)3-5)12-10-13-7(4-17-10)9(15)16/h1-4,9,14-16H,(H,12,13). The Morgan fingerprint density at radius 3 is 2.71 bits per heavy atom. The third-order valence-corrected chi connectivity index (χ3v) is 3.00. The van der Waals surface area contributed by atoms with E-state index in [9.17, 15) is 5.11 Å². The predicted molar refractivity (Wildman–Crippen MR) is 65.7 cm³/mol. The molecule has 0 aliphatic heterocycles. The number of rotatable bonds is 3. The summed E-state index contributed by atoms with van der Waals surface area (Å²) >= 11 is 6.90. The van der Waals surface area contributed by atoms with Gasteiger partial charge in [-0.2, -0.15) is 0 Å². The van der Waals surface area contributed by atoms with Crippen molar-refractivity contribution in [3.05, 3.63) is 34.3 Å². The molecule has 0 fully saturated rings. The number of nitrogens with one attached hydrogen (secondary N) is 1. The van der Waals surface area contributed by atoms with Gasteiger partial charge in [-0.15, -0.1) is 11.3 Å². The van der Waals surface area contributed by atoms with Crippen LogP contribution < -0.4 is 5.32 Å². The summed E-state index contributed by atoms with van der Waals surface area (Å²) in [6.07, 6.45) is -1.60. The van der Waals surface area contributed by atoms with E-state index in [1.54, 1.807) is 12.1 Å². The molecule has 2 rings (SSSR count). The van der Waals surface area contributed by atoms with Crippen LogP contribution in [0.5, 0.6) is 5.75 Å². The van der Waals surface area contributed by atoms with Gasteiger partial charge in [0, 0.05) is 16.5 Å². The first-order valence-electron chi connectivity index (χ1n) is 4.63. The lowest BCUT2D eigenvalue weighted by Crippen LogP contribution is -1.96. The lowest BCUT2D eigenvalue weighted by Gasteiger charge is -2.05. The zero-order valence-electron chi connectivity index (χ0n) is 8.46. The molecule has 1 heterocycles. The molecule has 5 nitrogen and oxygen atoms in total. The van der Waals surface area contributed by atoms with Gasteiger partial charge in [-0.1, -0.05) is 11.6 Å². The Morgan fingerprint density at radius 2 is 2.12 bits per heavy atom. The summed E-state index contributed by atoms with van der Waals surface area (Å²) in [7, 11) is 0. The van der Waals surface area contributed by atoms with Gasteiger partial charge >= 0.3 is 0 Å². The highest BCUT2D eigenvalue weighted by atomic mass is 35.5. The van der Waals surface area contributed by atoms with Crippen molar-refractivity contribution in [1.82, 2.24) is 4.98 Å². The molecule has 2 aromatic rings. The van der Waals surface area contributed by atoms with Crippen molar-refractivity contribution >= 4 is 33.8 Å². The number of hydrogen-bond donors (Lipinski definition) is 4. The lowest BCUT2D eigenvalue weighted by atomic mass is 10.3. The summed E-state index contributed by atoms with van der Waals surface area (Å²) < 4.78 is 0. The largest absolute Gasteiger partial charge is 0.506 e. The Kier molecular flexibility index (Phi) is 3.49. The first-order chi connectivity index (χ1) is 8.06. The molecule has 1 aromatic heterocycles. The average Bonchev–Trinajstić information content (AvgIpc) is 2.71. The molecule has 0 aliphatic rings. The highest BCUT2D eigenvalue weighted by molar-refractivity contribution is 7.13. The van der Waals surface area contributed by atoms with Gasteiger partial charge in [0.05, 0.1) is 5.69 Å². The van der Waals surface area contributed by atoms with E-state index in [1.165, 1.54) is 22.8 Å². The topological polar surface area (TPSA) is 85.6 Å². The molecule has 0 atom stereocenters. The van der Waals surface area contributed by atoms with Crippen LogP contribution in [0.1, 0.15) is 12.0 Å². The zero-order valence-corrected chi connectivity index (χ0v) is 10.0. The number of aromatic hydroxyl groups is 1. The average molecular weight is 273 g/mol. The van der Waals surface area contributed by atoms with E-state index in [2.05, 4.69) is 10.3 Å². The maximum absolute atomic E-state index is 9.60. The minimum Gasteiger partial charge on any atom is -0.506 e. The second-order valence-electron chi connectivity index (χ2n) is 3.24. The Bertz CT molecular complexity index is 530. The second kappa shape index (κ2) is 4.89. The number of thiazole rings is 1. The van der Waals surface area contributed by atoms with E-state index in [0.29, 0.717) is 15.8 Å². The van der Waals surface area contributed by atoms with Crippen LogP contribution in [0, 0.1) is 0 Å². The number of nitrogens with zero attached hydrogens (tertiary/aromatic N) is 1. The maximum Gasteiger partial charge on any atom is 0.196 e. The maximum atomic E-state index is 9.60. The van der Waals surface area contributed by atoms with Gasteiger partial charge in [0.1, 0.15) is 11.4 Å². The van der Waals surface area contributed by atoms with Crippen LogP contribution in [0.4, 0.5) is 10.8 Å². The lowest BCUT2D eigenvalue weighted by molar-refractivity contribution is -0.0453. The third-order valence-electron chi connectivity index (χ3n) is 1.99. The molecule has 4 N–H and O–H groups in total. The monoisotopic (exact) mass is 272 g/mol. The molecule has 7 heteroatoms. The number of phenolic OH excluding ortho intramolecular Hbond substituents is 1. The van der Waals surface area contributed by atoms with Crippen LogP contribution in [-0.2, 0) is 0 Å². The van der Waals surface area contributed by atoms with Crippen LogP contribution in [-0.4, -0.2) is 20.3 Å². The summed E-state index contributed by atoms with van der Waals surface area (Å²) in [5.74, 6) is -0.00111. The summed E-state index contributed by atoms with van der Waals surface area (Å²) in [5.41, 5.74) is 0.605. The highest BCUT2D eigenvalue weighted by Crippen LogP contribution is 2.31. The van der Waals surface area contributed by atoms with Crippen LogP contribution in [0.15, 0.2) is 23.6 Å². The van der Waals surface area contributed by atoms with Gasteiger partial charge in [0.2, 0.25) is 0 Å². The van der Waals surface area contributed by atoms with Crippen molar-refractivity contribution in [2.45, 2.75) is 6.29 Å². The van der Waals surface area contributed by atoms with Gasteiger partial charge < -0.3 is 20.6 Å². The van der Waals surface area contributed by atoms with E-state index in [-0.39, 0.29) is 11.4 Å². The van der Waals surface area contributed by atoms with Crippen molar-refractivity contribution in [2.24, 2.45) is 0 Å². The summed E-state index contributed by atoms with van der Waals surface area (Å²) in [5, 5.41) is 32.6. The summed E-state index contributed by atoms with van der Waals surface area (Å²) in [4.78, 5) is 3.93. The molecule has 0 spiro atoms. The van der Waals surface area contributed by atoms with E-state index >= 15 is 0 Å². The Labute approximate surface area is 106 Å². The van der Waals surface area contributed by atoms with Crippen molar-refractivity contribution < 1.29 is 15.3 Å². The number of phenols is 1. The van der Waals surface area contributed by atoms with Gasteiger partial charge in [-0.25, -0.2) is 4.98 Å². The van der Waals surface area contributed by atoms with Crippen molar-refractivity contribution in [3.63, 3.8) is 0 Å². The second-order valence-corrected chi connectivity index (χ2v) is 4.53. The van der Waals surface area contributed by atoms with Crippen LogP contribution in [0.3, 0.4) is 0 Å². The van der Waals surface area contributed by atoms with E-state index in [1.807, 2.05) is 0 Å². The van der Waals surface area contributed by atoms with Gasteiger partial charge in [-0.3, -0.25) is 0 Å². The Morgan fingerprint density at radius 1 is 1.35 bits per heavy atom. The molecule has 1 aromatic carbocycles. The molecule has 0 radical (unpaired) electrons. The molecule has 0 saturated carbocycles. The first kappa shape index (κ1) is 12.1. The first-order valence-corrected chi connectivity index (χ1v) is 5.89. The van der Waals surface area contributed by atoms with E-state index < -0.39 is 6.29 Å². The molecule has 0 bridgehead atoms. The quantitative estimate of drug-likeness (QED) is 0.509. The molecule has 0 aliphatic carbocycles. The smallest absolute Gasteiger partial charge is 0.196 e. The fourth-order valence-corrected chi connectivity index (χ4v) is 2.09. The van der Waals surface area contributed by atoms with Gasteiger partial charge in [-0.05, 0) is 12.1 Å². The number of aromatic nitrogens is 1. The van der Waals surface area contributed by atoms with Crippen molar-refractivity contribution in [2.75, 3.05) is 5.32 Å². The minimum absolute atomic E-state index is 0.00111. The third kappa shape index (κ3) is 2.86. The number of aliphatic hydroxyl groups is 2. The molecule has 0 amide bonds. The molecule has 0 unspecified atom stereocenters. The number of anilines is 2. The van der Waals surface area contributed by atoms with Crippen molar-refractivity contribution in [3.8, 4) is 5.75 Å². The number of benzene rings is 1. The van der Waals surface area contributed by atoms with Crippen LogP contribution >= 0.6 is 22.9 Å². The minimum atomic E-state index is -1.60. The normalized spacial score (nSPS) is 10.8. The van der Waals surface area contributed by atoms with Crippen LogP contribution in [0.2, 0.25) is 5.02 Å². The molecule has 17 heavy (non-hydrogen) atoms. The van der Waals surface area contributed by atoms with Gasteiger partial charge in [0.15, 0.2) is 11.4 Å². The van der Waals surface area contributed by atoms with E-state index in [4.69, 9.17) is 21.8 Å². The zero-order chi connectivity index (χ0) is 12.4. The number of aliphatic hydroxyl groups excluding tert-OH is 1. The summed E-state index contributed by atoms with van der Waals surface area (Å²) in [6.45, 7) is 0. The fourth-order valence-electron chi connectivity index (χ4n) is 1.19. The van der Waals surface area contributed by atoms with Gasteiger partial charge in [0.25, 0.3) is 0 Å². The van der Waals surface area contributed by atoms with E-state index in [0.717, 1.165) is 0 Å². The number of halogens is 1. The fraction of sp³-hybridized carbons (Fsp3) is 0.100. The SMILES string of the molecule is Oc1cc(Cl)ccc1Nc1nc(C(O)O)cs1. The molecule has 90 valence electrons. The summed E-state index contributed by atoms with van der Waals surface area (Å²) in [6, 6.07) is 4.63. The highest BCUT2D eigenvalue weighted by Gasteiger charge is 2.09. The predicted octanol–water partition coefficient (Wildman–Crippen LogP) is 2.23. The number of hydrogen-bond acceptors (Lipinski definition) is 6. The van der Waals surface area contributed by atoms with Crippen molar-refractivity contribution in [1.29, 1.82) is 0 Å². The van der Waals surface area contributed by atoms with Crippen LogP contribution in [0.25, 0.3) is 0 Å². The molecular weight excluding hydrogens is 264 g/mol. The molecule has 0 saturated heterocycles.